The van der Waals surface area contributed by atoms with Gasteiger partial charge in [-0.25, -0.2) is 0 Å². The van der Waals surface area contributed by atoms with Crippen molar-refractivity contribution in [1.29, 1.82) is 0 Å². The second-order valence-corrected chi connectivity index (χ2v) is 7.71. The van der Waals surface area contributed by atoms with Crippen LogP contribution >= 0.6 is 0 Å². The molecular weight excluding hydrogens is 332 g/mol. The fourth-order valence-corrected chi connectivity index (χ4v) is 3.94. The summed E-state index contributed by atoms with van der Waals surface area (Å²) in [5.74, 6) is 0.173. The molecule has 26 heavy (non-hydrogen) atoms. The maximum absolute atomic E-state index is 10.5. The summed E-state index contributed by atoms with van der Waals surface area (Å²) in [6, 6.07) is 4.23. The number of carboxylic acid groups (broad SMARTS) is 1. The Morgan fingerprint density at radius 2 is 1.88 bits per heavy atom. The van der Waals surface area contributed by atoms with Gasteiger partial charge in [0.1, 0.15) is 12.4 Å². The molecule has 146 valence electrons. The van der Waals surface area contributed by atoms with Crippen molar-refractivity contribution < 1.29 is 24.9 Å². The number of hydrogen-bond acceptors (Lipinski definition) is 5. The molecule has 0 aromatic heterocycles. The Kier molecular flexibility index (Phi) is 7.91. The summed E-state index contributed by atoms with van der Waals surface area (Å²) in [7, 11) is 0. The highest BCUT2D eigenvalue weighted by molar-refractivity contribution is 5.64. The maximum atomic E-state index is 10.5. The number of carbonyl (C=O) groups excluding carboxylic acids is 1. The highest BCUT2D eigenvalue weighted by atomic mass is 16.5. The number of aliphatic hydroxyl groups excluding tert-OH is 2. The van der Waals surface area contributed by atoms with Gasteiger partial charge in [0.25, 0.3) is 0 Å². The van der Waals surface area contributed by atoms with E-state index in [1.54, 1.807) is 0 Å². The smallest absolute Gasteiger partial charge is 0.125 e. The van der Waals surface area contributed by atoms with Crippen molar-refractivity contribution in [3.05, 3.63) is 28.8 Å². The predicted molar refractivity (Wildman–Crippen MR) is 97.9 cm³/mol. The Hall–Kier alpha value is -1.59. The van der Waals surface area contributed by atoms with E-state index in [1.807, 2.05) is 6.92 Å². The molecule has 1 saturated carbocycles. The van der Waals surface area contributed by atoms with Gasteiger partial charge in [-0.2, -0.15) is 0 Å². The first-order valence-electron chi connectivity index (χ1n) is 9.64. The van der Waals surface area contributed by atoms with Crippen LogP contribution in [-0.4, -0.2) is 35.0 Å². The number of carbonyl (C=O) groups is 1. The van der Waals surface area contributed by atoms with E-state index in [0.717, 1.165) is 17.7 Å². The first-order chi connectivity index (χ1) is 12.3. The van der Waals surface area contributed by atoms with Crippen LogP contribution in [0.4, 0.5) is 0 Å². The summed E-state index contributed by atoms with van der Waals surface area (Å²) in [6.45, 7) is 4.11. The van der Waals surface area contributed by atoms with E-state index in [4.69, 9.17) is 4.74 Å². The summed E-state index contributed by atoms with van der Waals surface area (Å²) < 4.78 is 5.91. The molecule has 0 bridgehead atoms. The van der Waals surface area contributed by atoms with Gasteiger partial charge in [0.05, 0.1) is 12.2 Å². The minimum atomic E-state index is -1.32. The third kappa shape index (κ3) is 6.61. The molecule has 1 aromatic carbocycles. The van der Waals surface area contributed by atoms with Crippen LogP contribution < -0.4 is 9.84 Å². The SMILES string of the molecule is Cc1cc(C)c(OCC(O)C[C@@H](O)CC(=O)[O-])c(CC2CCCCC2)c1. The fourth-order valence-electron chi connectivity index (χ4n) is 3.94. The summed E-state index contributed by atoms with van der Waals surface area (Å²) in [6.07, 6.45) is 4.83. The molecule has 0 heterocycles. The van der Waals surface area contributed by atoms with Crippen LogP contribution in [0.5, 0.6) is 5.75 Å². The van der Waals surface area contributed by atoms with Crippen LogP contribution in [0, 0.1) is 19.8 Å². The van der Waals surface area contributed by atoms with Gasteiger partial charge in [-0.15, -0.1) is 0 Å². The van der Waals surface area contributed by atoms with E-state index in [-0.39, 0.29) is 13.0 Å². The van der Waals surface area contributed by atoms with Gasteiger partial charge in [-0.05, 0) is 37.3 Å². The van der Waals surface area contributed by atoms with Crippen molar-refractivity contribution in [3.63, 3.8) is 0 Å². The number of ether oxygens (including phenoxy) is 1. The molecule has 0 radical (unpaired) electrons. The van der Waals surface area contributed by atoms with Crippen LogP contribution in [0.25, 0.3) is 0 Å². The zero-order valence-electron chi connectivity index (χ0n) is 15.9. The molecule has 1 unspecified atom stereocenters. The quantitative estimate of drug-likeness (QED) is 0.701. The molecule has 2 atom stereocenters. The monoisotopic (exact) mass is 363 g/mol. The highest BCUT2D eigenvalue weighted by Gasteiger charge is 2.19. The summed E-state index contributed by atoms with van der Waals surface area (Å²) in [5, 5.41) is 30.2. The molecule has 2 rings (SSSR count). The molecule has 1 fully saturated rings. The number of aliphatic carboxylic acids is 1. The second-order valence-electron chi connectivity index (χ2n) is 7.71. The lowest BCUT2D eigenvalue weighted by Gasteiger charge is -2.24. The number of carboxylic acids is 1. The number of hydrogen-bond donors (Lipinski definition) is 2. The fraction of sp³-hybridized carbons (Fsp3) is 0.667. The lowest BCUT2D eigenvalue weighted by molar-refractivity contribution is -0.307. The van der Waals surface area contributed by atoms with Gasteiger partial charge in [-0.1, -0.05) is 49.8 Å². The molecule has 0 aliphatic heterocycles. The molecule has 2 N–H and O–H groups in total. The Balaban J connectivity index is 1.99. The zero-order chi connectivity index (χ0) is 19.1. The Morgan fingerprint density at radius 3 is 2.54 bits per heavy atom. The molecular formula is C21H31O5-. The summed E-state index contributed by atoms with van der Waals surface area (Å²) in [4.78, 5) is 10.5. The lowest BCUT2D eigenvalue weighted by atomic mass is 9.84. The normalized spacial score (nSPS) is 17.7. The van der Waals surface area contributed by atoms with Crippen LogP contribution in [0.1, 0.15) is 61.6 Å². The molecule has 1 aromatic rings. The van der Waals surface area contributed by atoms with Crippen molar-refractivity contribution in [1.82, 2.24) is 0 Å². The molecule has 5 nitrogen and oxygen atoms in total. The van der Waals surface area contributed by atoms with E-state index in [9.17, 15) is 20.1 Å². The number of rotatable bonds is 9. The Labute approximate surface area is 156 Å². The molecule has 1 aliphatic rings. The Bertz CT molecular complexity index is 592. The van der Waals surface area contributed by atoms with Gasteiger partial charge in [0.2, 0.25) is 0 Å². The number of benzene rings is 1. The first-order valence-corrected chi connectivity index (χ1v) is 9.64. The Morgan fingerprint density at radius 1 is 1.19 bits per heavy atom. The van der Waals surface area contributed by atoms with E-state index < -0.39 is 24.6 Å². The predicted octanol–water partition coefficient (Wildman–Crippen LogP) is 2.06. The van der Waals surface area contributed by atoms with Crippen LogP contribution in [0.3, 0.4) is 0 Å². The summed E-state index contributed by atoms with van der Waals surface area (Å²) in [5.41, 5.74) is 3.42. The number of aryl methyl sites for hydroxylation is 2. The second kappa shape index (κ2) is 9.93. The lowest BCUT2D eigenvalue weighted by Crippen LogP contribution is -2.31. The van der Waals surface area contributed by atoms with E-state index in [1.165, 1.54) is 43.2 Å². The minimum Gasteiger partial charge on any atom is -0.550 e. The van der Waals surface area contributed by atoms with E-state index in [0.29, 0.717) is 5.92 Å². The average Bonchev–Trinajstić information content (AvgIpc) is 2.54. The van der Waals surface area contributed by atoms with Gasteiger partial charge in [0, 0.05) is 18.8 Å². The largest absolute Gasteiger partial charge is 0.550 e. The maximum Gasteiger partial charge on any atom is 0.125 e. The standard InChI is InChI=1S/C21H32O5/c1-14-8-15(2)21(17(9-14)10-16-6-4-3-5-7-16)26-13-19(23)11-18(22)12-20(24)25/h8-9,16,18-19,22-23H,3-7,10-13H2,1-2H3,(H,24,25)/p-1/t18-,19?/m1/s1. The average molecular weight is 363 g/mol. The van der Waals surface area contributed by atoms with Gasteiger partial charge in [0.15, 0.2) is 0 Å². The van der Waals surface area contributed by atoms with Crippen molar-refractivity contribution in [2.24, 2.45) is 5.92 Å². The van der Waals surface area contributed by atoms with E-state index >= 15 is 0 Å². The van der Waals surface area contributed by atoms with Gasteiger partial charge >= 0.3 is 0 Å². The van der Waals surface area contributed by atoms with Crippen LogP contribution in [0.15, 0.2) is 12.1 Å². The van der Waals surface area contributed by atoms with Gasteiger partial charge < -0.3 is 24.9 Å². The molecule has 5 heteroatoms. The third-order valence-corrected chi connectivity index (χ3v) is 5.10. The number of aliphatic hydroxyl groups is 2. The van der Waals surface area contributed by atoms with Crippen LogP contribution in [0.2, 0.25) is 0 Å². The van der Waals surface area contributed by atoms with Crippen molar-refractivity contribution in [2.75, 3.05) is 6.61 Å². The zero-order valence-corrected chi connectivity index (χ0v) is 15.9. The van der Waals surface area contributed by atoms with E-state index in [2.05, 4.69) is 19.1 Å². The minimum absolute atomic E-state index is 0.0334. The molecule has 0 amide bonds. The molecule has 1 aliphatic carbocycles. The molecule has 0 saturated heterocycles. The third-order valence-electron chi connectivity index (χ3n) is 5.10. The van der Waals surface area contributed by atoms with Crippen molar-refractivity contribution in [2.45, 2.75) is 77.4 Å². The van der Waals surface area contributed by atoms with Crippen LogP contribution in [-0.2, 0) is 11.2 Å². The topological polar surface area (TPSA) is 89.8 Å². The highest BCUT2D eigenvalue weighted by Crippen LogP contribution is 2.33. The first kappa shape index (κ1) is 20.7. The van der Waals surface area contributed by atoms with Gasteiger partial charge in [-0.3, -0.25) is 0 Å². The molecule has 0 spiro atoms. The van der Waals surface area contributed by atoms with Crippen molar-refractivity contribution >= 4 is 5.97 Å². The van der Waals surface area contributed by atoms with Crippen molar-refractivity contribution in [3.8, 4) is 5.75 Å². The summed E-state index contributed by atoms with van der Waals surface area (Å²) >= 11 is 0.